The van der Waals surface area contributed by atoms with Crippen LogP contribution in [0.2, 0.25) is 5.02 Å². The lowest BCUT2D eigenvalue weighted by Gasteiger charge is -2.24. The van der Waals surface area contributed by atoms with Crippen molar-refractivity contribution in [1.82, 2.24) is 14.8 Å². The number of aliphatic imine (C=N–C) groups is 1. The number of ether oxygens (including phenoxy) is 1. The molecule has 1 aliphatic heterocycles. The van der Waals surface area contributed by atoms with Gasteiger partial charge in [0, 0.05) is 9.72 Å². The summed E-state index contributed by atoms with van der Waals surface area (Å²) in [6.07, 6.45) is 3.24. The smallest absolute Gasteiger partial charge is 0.227 e. The number of hydrogen-bond donors (Lipinski definition) is 0. The topological polar surface area (TPSA) is 52.3 Å². The van der Waals surface area contributed by atoms with E-state index in [1.165, 1.54) is 6.33 Å². The zero-order valence-corrected chi connectivity index (χ0v) is 15.8. The number of rotatable bonds is 4. The quantitative estimate of drug-likeness (QED) is 0.511. The lowest BCUT2D eigenvalue weighted by Crippen LogP contribution is -2.31. The van der Waals surface area contributed by atoms with Gasteiger partial charge in [-0.25, -0.2) is 9.98 Å². The standard InChI is InChI=1S/C20H15ClN4OS/c21-16-6-7-17-14(8-16)9-18(27-17)19-24-20(11-26-19,10-25-13-22-12-23-25)15-4-2-1-3-5-15/h1-9,12-13H,10-11H2. The van der Waals surface area contributed by atoms with Gasteiger partial charge >= 0.3 is 0 Å². The zero-order valence-electron chi connectivity index (χ0n) is 14.2. The van der Waals surface area contributed by atoms with Gasteiger partial charge in [0.1, 0.15) is 24.8 Å². The second kappa shape index (κ2) is 6.48. The van der Waals surface area contributed by atoms with Crippen LogP contribution < -0.4 is 0 Å². The Kier molecular flexibility index (Phi) is 3.95. The summed E-state index contributed by atoms with van der Waals surface area (Å²) >= 11 is 7.78. The van der Waals surface area contributed by atoms with Crippen LogP contribution in [0.3, 0.4) is 0 Å². The lowest BCUT2D eigenvalue weighted by molar-refractivity contribution is 0.230. The molecule has 7 heteroatoms. The van der Waals surface area contributed by atoms with Crippen molar-refractivity contribution in [3.8, 4) is 0 Å². The van der Waals surface area contributed by atoms with Gasteiger partial charge in [-0.1, -0.05) is 41.9 Å². The van der Waals surface area contributed by atoms with E-state index in [1.54, 1.807) is 22.3 Å². The fourth-order valence-corrected chi connectivity index (χ4v) is 4.51. The molecule has 0 radical (unpaired) electrons. The summed E-state index contributed by atoms with van der Waals surface area (Å²) in [5.74, 6) is 0.663. The second-order valence-corrected chi connectivity index (χ2v) is 8.01. The first kappa shape index (κ1) is 16.5. The largest absolute Gasteiger partial charge is 0.474 e. The number of aromatic nitrogens is 3. The highest BCUT2D eigenvalue weighted by molar-refractivity contribution is 7.20. The first-order valence-corrected chi connectivity index (χ1v) is 9.71. The molecule has 0 saturated carbocycles. The second-order valence-electron chi connectivity index (χ2n) is 6.49. The molecule has 0 amide bonds. The van der Waals surface area contributed by atoms with Crippen LogP contribution in [0.5, 0.6) is 0 Å². The van der Waals surface area contributed by atoms with E-state index in [2.05, 4.69) is 28.3 Å². The van der Waals surface area contributed by atoms with Gasteiger partial charge in [-0.2, -0.15) is 5.10 Å². The Labute approximate surface area is 164 Å². The molecule has 1 atom stereocenters. The molecule has 0 spiro atoms. The summed E-state index contributed by atoms with van der Waals surface area (Å²) in [5, 5.41) is 6.09. The van der Waals surface area contributed by atoms with Gasteiger partial charge in [0.15, 0.2) is 0 Å². The highest BCUT2D eigenvalue weighted by Gasteiger charge is 2.40. The highest BCUT2D eigenvalue weighted by Crippen LogP contribution is 2.36. The van der Waals surface area contributed by atoms with Crippen LogP contribution in [-0.4, -0.2) is 27.3 Å². The maximum Gasteiger partial charge on any atom is 0.227 e. The molecule has 5 nitrogen and oxygen atoms in total. The van der Waals surface area contributed by atoms with E-state index < -0.39 is 5.54 Å². The first-order chi connectivity index (χ1) is 13.2. The van der Waals surface area contributed by atoms with E-state index in [0.717, 1.165) is 25.5 Å². The van der Waals surface area contributed by atoms with Crippen molar-refractivity contribution in [1.29, 1.82) is 0 Å². The molecule has 0 bridgehead atoms. The SMILES string of the molecule is Clc1ccc2sc(C3=NC(Cn4cncn4)(c4ccccc4)CO3)cc2c1. The van der Waals surface area contributed by atoms with Crippen molar-refractivity contribution in [3.05, 3.63) is 82.7 Å². The Morgan fingerprint density at radius 2 is 2.04 bits per heavy atom. The Morgan fingerprint density at radius 1 is 1.15 bits per heavy atom. The fourth-order valence-electron chi connectivity index (χ4n) is 3.34. The van der Waals surface area contributed by atoms with Gasteiger partial charge in [-0.05, 0) is 35.2 Å². The van der Waals surface area contributed by atoms with Crippen molar-refractivity contribution in [3.63, 3.8) is 0 Å². The summed E-state index contributed by atoms with van der Waals surface area (Å²) in [7, 11) is 0. The van der Waals surface area contributed by atoms with Crippen LogP contribution in [0.15, 0.2) is 72.2 Å². The molecule has 4 aromatic rings. The van der Waals surface area contributed by atoms with Crippen LogP contribution in [0, 0.1) is 0 Å². The van der Waals surface area contributed by atoms with E-state index in [9.17, 15) is 0 Å². The van der Waals surface area contributed by atoms with Gasteiger partial charge in [0.25, 0.3) is 0 Å². The van der Waals surface area contributed by atoms with E-state index in [0.29, 0.717) is 19.0 Å². The monoisotopic (exact) mass is 394 g/mol. The van der Waals surface area contributed by atoms with E-state index >= 15 is 0 Å². The summed E-state index contributed by atoms with van der Waals surface area (Å²) < 4.78 is 9.04. The normalized spacial score (nSPS) is 19.2. The van der Waals surface area contributed by atoms with Crippen molar-refractivity contribution in [2.45, 2.75) is 12.1 Å². The number of thiophene rings is 1. The Morgan fingerprint density at radius 3 is 2.85 bits per heavy atom. The maximum absolute atomic E-state index is 6.12. The van der Waals surface area contributed by atoms with Crippen molar-refractivity contribution in [2.24, 2.45) is 4.99 Å². The Bertz CT molecular complexity index is 1120. The minimum atomic E-state index is -0.530. The van der Waals surface area contributed by atoms with Crippen LogP contribution in [0.25, 0.3) is 10.1 Å². The lowest BCUT2D eigenvalue weighted by atomic mass is 9.92. The molecular weight excluding hydrogens is 380 g/mol. The molecule has 0 N–H and O–H groups in total. The number of halogens is 1. The predicted molar refractivity (Wildman–Crippen MR) is 107 cm³/mol. The average molecular weight is 395 g/mol. The summed E-state index contributed by atoms with van der Waals surface area (Å²) in [5.41, 5.74) is 0.567. The molecule has 5 rings (SSSR count). The molecule has 1 aliphatic rings. The third-order valence-corrected chi connectivity index (χ3v) is 5.99. The minimum Gasteiger partial charge on any atom is -0.474 e. The summed E-state index contributed by atoms with van der Waals surface area (Å²) in [6.45, 7) is 1.03. The van der Waals surface area contributed by atoms with Crippen molar-refractivity contribution >= 4 is 38.9 Å². The third kappa shape index (κ3) is 3.01. The molecule has 2 aromatic carbocycles. The van der Waals surface area contributed by atoms with Gasteiger partial charge in [0.05, 0.1) is 11.4 Å². The molecular formula is C20H15ClN4OS. The van der Waals surface area contributed by atoms with Gasteiger partial charge in [0.2, 0.25) is 5.90 Å². The Hall–Kier alpha value is -2.70. The third-order valence-electron chi connectivity index (χ3n) is 4.65. The van der Waals surface area contributed by atoms with E-state index in [1.807, 2.05) is 36.4 Å². The maximum atomic E-state index is 6.12. The molecule has 3 heterocycles. The Balaban J connectivity index is 1.59. The average Bonchev–Trinajstić information content (AvgIpc) is 3.42. The van der Waals surface area contributed by atoms with Gasteiger partial charge < -0.3 is 4.74 Å². The molecule has 27 heavy (non-hydrogen) atoms. The zero-order chi connectivity index (χ0) is 18.3. The van der Waals surface area contributed by atoms with Gasteiger partial charge in [-0.15, -0.1) is 11.3 Å². The van der Waals surface area contributed by atoms with Crippen molar-refractivity contribution in [2.75, 3.05) is 6.61 Å². The molecule has 0 fully saturated rings. The number of fused-ring (bicyclic) bond motifs is 1. The molecule has 134 valence electrons. The van der Waals surface area contributed by atoms with E-state index in [4.69, 9.17) is 21.3 Å². The predicted octanol–water partition coefficient (Wildman–Crippen LogP) is 4.52. The van der Waals surface area contributed by atoms with Crippen LogP contribution in [-0.2, 0) is 16.8 Å². The molecule has 0 saturated heterocycles. The summed E-state index contributed by atoms with van der Waals surface area (Å²) in [4.78, 5) is 10.1. The van der Waals surface area contributed by atoms with Crippen LogP contribution >= 0.6 is 22.9 Å². The molecule has 1 unspecified atom stereocenters. The number of benzene rings is 2. The van der Waals surface area contributed by atoms with Crippen LogP contribution in [0.4, 0.5) is 0 Å². The van der Waals surface area contributed by atoms with Crippen LogP contribution in [0.1, 0.15) is 10.4 Å². The van der Waals surface area contributed by atoms with E-state index in [-0.39, 0.29) is 0 Å². The highest BCUT2D eigenvalue weighted by atomic mass is 35.5. The number of hydrogen-bond acceptors (Lipinski definition) is 5. The van der Waals surface area contributed by atoms with Gasteiger partial charge in [-0.3, -0.25) is 4.68 Å². The molecule has 2 aromatic heterocycles. The van der Waals surface area contributed by atoms with Crippen molar-refractivity contribution < 1.29 is 4.74 Å². The fraction of sp³-hybridized carbons (Fsp3) is 0.150. The summed E-state index contributed by atoms with van der Waals surface area (Å²) in [6, 6.07) is 18.2. The molecule has 0 aliphatic carbocycles. The first-order valence-electron chi connectivity index (χ1n) is 8.52. The minimum absolute atomic E-state index is 0.460. The number of nitrogens with zero attached hydrogens (tertiary/aromatic N) is 4.